The Kier molecular flexibility index (Phi) is 4.40. The zero-order valence-corrected chi connectivity index (χ0v) is 16.8. The smallest absolute Gasteiger partial charge is 0.233 e. The number of benzene rings is 2. The largest absolute Gasteiger partial charge is 0.508 e. The Hall–Kier alpha value is -3.12. The van der Waals surface area contributed by atoms with Crippen molar-refractivity contribution < 1.29 is 18.8 Å². The molecular formula is C23H18ClFN2O3. The monoisotopic (exact) mass is 424 g/mol. The molecule has 0 saturated carbocycles. The molecule has 1 aliphatic heterocycles. The molecule has 0 spiro atoms. The maximum atomic E-state index is 14.3. The molecule has 0 saturated heterocycles. The molecule has 7 heteroatoms. The predicted molar refractivity (Wildman–Crippen MR) is 110 cm³/mol. The summed E-state index contributed by atoms with van der Waals surface area (Å²) in [6, 6.07) is 11.5. The van der Waals surface area contributed by atoms with E-state index in [0.29, 0.717) is 35.6 Å². The van der Waals surface area contributed by atoms with Crippen molar-refractivity contribution in [1.29, 1.82) is 0 Å². The molecule has 2 atom stereocenters. The molecule has 5 rings (SSSR count). The summed E-state index contributed by atoms with van der Waals surface area (Å²) < 4.78 is 19.7. The summed E-state index contributed by atoms with van der Waals surface area (Å²) in [4.78, 5) is 13.3. The minimum atomic E-state index is -0.532. The molecule has 30 heavy (non-hydrogen) atoms. The van der Waals surface area contributed by atoms with Gasteiger partial charge in [-0.1, -0.05) is 35.0 Å². The number of carbonyl (C=O) groups is 1. The van der Waals surface area contributed by atoms with Crippen LogP contribution in [-0.4, -0.2) is 16.0 Å². The fourth-order valence-corrected chi connectivity index (χ4v) is 4.60. The topological polar surface area (TPSA) is 75.4 Å². The lowest BCUT2D eigenvalue weighted by atomic mass is 9.72. The van der Waals surface area contributed by atoms with Crippen molar-refractivity contribution in [2.75, 3.05) is 5.32 Å². The Bertz CT molecular complexity index is 1200. The molecule has 2 heterocycles. The zero-order chi connectivity index (χ0) is 21.0. The molecule has 0 unspecified atom stereocenters. The number of phenols is 1. The molecule has 5 nitrogen and oxygen atoms in total. The van der Waals surface area contributed by atoms with E-state index in [9.17, 15) is 14.3 Å². The van der Waals surface area contributed by atoms with Crippen LogP contribution in [0.25, 0.3) is 0 Å². The average molecular weight is 425 g/mol. The third-order valence-corrected chi connectivity index (χ3v) is 6.21. The number of hydrogen-bond donors (Lipinski definition) is 2. The van der Waals surface area contributed by atoms with Crippen LogP contribution in [0.2, 0.25) is 5.02 Å². The number of carbonyl (C=O) groups excluding carboxylic acids is 1. The third kappa shape index (κ3) is 2.99. The van der Waals surface area contributed by atoms with E-state index in [-0.39, 0.29) is 22.5 Å². The molecule has 0 amide bonds. The van der Waals surface area contributed by atoms with Gasteiger partial charge in [-0.05, 0) is 54.7 Å². The maximum absolute atomic E-state index is 14.3. The molecule has 2 N–H and O–H groups in total. The van der Waals surface area contributed by atoms with Crippen molar-refractivity contribution in [2.45, 2.75) is 31.6 Å². The van der Waals surface area contributed by atoms with Gasteiger partial charge in [0.2, 0.25) is 5.88 Å². The summed E-state index contributed by atoms with van der Waals surface area (Å²) in [6.07, 6.45) is 0.926. The number of hydrogen-bond acceptors (Lipinski definition) is 5. The molecule has 1 aromatic heterocycles. The van der Waals surface area contributed by atoms with Crippen LogP contribution in [0.3, 0.4) is 0 Å². The highest BCUT2D eigenvalue weighted by Gasteiger charge is 2.41. The van der Waals surface area contributed by atoms with Gasteiger partial charge >= 0.3 is 0 Å². The highest BCUT2D eigenvalue weighted by atomic mass is 35.5. The lowest BCUT2D eigenvalue weighted by molar-refractivity contribution is -0.116. The van der Waals surface area contributed by atoms with Crippen molar-refractivity contribution in [3.05, 3.63) is 87.0 Å². The number of aromatic nitrogens is 1. The SMILES string of the molecule is Cc1noc2c1[C@H](c1ccc(Cl)c(F)c1)C1=C(C[C@H](c3ccc(O)cc3)CC1=O)N2. The number of rotatable bonds is 2. The molecule has 3 aromatic rings. The number of Topliss-reactive ketones (excluding diaryl/α,β-unsaturated/α-hetero) is 1. The van der Waals surface area contributed by atoms with Crippen LogP contribution < -0.4 is 5.32 Å². The number of phenolic OH excluding ortho intramolecular Hbond substituents is 1. The van der Waals surface area contributed by atoms with Gasteiger partial charge in [0.15, 0.2) is 5.78 Å². The quantitative estimate of drug-likeness (QED) is 0.573. The van der Waals surface area contributed by atoms with Gasteiger partial charge in [-0.3, -0.25) is 4.79 Å². The Morgan fingerprint density at radius 3 is 2.63 bits per heavy atom. The number of fused-ring (bicyclic) bond motifs is 1. The molecule has 1 aliphatic carbocycles. The second kappa shape index (κ2) is 6.99. The molecule has 152 valence electrons. The van der Waals surface area contributed by atoms with Gasteiger partial charge in [-0.15, -0.1) is 0 Å². The van der Waals surface area contributed by atoms with E-state index in [1.165, 1.54) is 12.1 Å². The average Bonchev–Trinajstić information content (AvgIpc) is 3.09. The lowest BCUT2D eigenvalue weighted by Crippen LogP contribution is -2.29. The molecule has 2 aromatic carbocycles. The number of ketones is 1. The Labute approximate surface area is 177 Å². The van der Waals surface area contributed by atoms with E-state index in [0.717, 1.165) is 16.8 Å². The Morgan fingerprint density at radius 1 is 1.17 bits per heavy atom. The van der Waals surface area contributed by atoms with E-state index < -0.39 is 11.7 Å². The Balaban J connectivity index is 1.62. The lowest BCUT2D eigenvalue weighted by Gasteiger charge is -2.34. The molecule has 0 radical (unpaired) electrons. The Morgan fingerprint density at radius 2 is 1.90 bits per heavy atom. The summed E-state index contributed by atoms with van der Waals surface area (Å²) in [5.41, 5.74) is 4.38. The fraction of sp³-hybridized carbons (Fsp3) is 0.217. The summed E-state index contributed by atoms with van der Waals surface area (Å²) in [5.74, 6) is -0.377. The van der Waals surface area contributed by atoms with Crippen LogP contribution >= 0.6 is 11.6 Å². The third-order valence-electron chi connectivity index (χ3n) is 5.90. The standard InChI is InChI=1S/C23H18ClFN2O3/c1-11-20-21(13-4-7-16(24)17(25)8-13)22-18(26-23(20)30-27-11)9-14(10-19(22)29)12-2-5-15(28)6-3-12/h2-8,14,21,26,28H,9-10H2,1H3/t14-,21-/m0/s1. The number of allylic oxidation sites excluding steroid dienone is 2. The van der Waals surface area contributed by atoms with Crippen LogP contribution in [-0.2, 0) is 4.79 Å². The summed E-state index contributed by atoms with van der Waals surface area (Å²) in [5, 5.41) is 16.9. The van der Waals surface area contributed by atoms with Crippen LogP contribution in [0.1, 0.15) is 47.1 Å². The number of nitrogens with one attached hydrogen (secondary N) is 1. The normalized spacial score (nSPS) is 20.6. The van der Waals surface area contributed by atoms with Crippen molar-refractivity contribution in [1.82, 2.24) is 5.16 Å². The molecule has 2 aliphatic rings. The van der Waals surface area contributed by atoms with E-state index in [4.69, 9.17) is 16.1 Å². The summed E-state index contributed by atoms with van der Waals surface area (Å²) in [6.45, 7) is 1.81. The van der Waals surface area contributed by atoms with Gasteiger partial charge < -0.3 is 14.9 Å². The number of halogens is 2. The van der Waals surface area contributed by atoms with Gasteiger partial charge in [0.05, 0.1) is 16.3 Å². The van der Waals surface area contributed by atoms with Crippen LogP contribution in [0, 0.1) is 12.7 Å². The van der Waals surface area contributed by atoms with E-state index >= 15 is 0 Å². The molecule has 0 bridgehead atoms. The van der Waals surface area contributed by atoms with E-state index in [1.807, 2.05) is 12.1 Å². The summed E-state index contributed by atoms with van der Waals surface area (Å²) in [7, 11) is 0. The van der Waals surface area contributed by atoms with E-state index in [2.05, 4.69) is 10.5 Å². The van der Waals surface area contributed by atoms with Gasteiger partial charge in [0.1, 0.15) is 11.6 Å². The highest BCUT2D eigenvalue weighted by molar-refractivity contribution is 6.30. The second-order valence-corrected chi connectivity index (χ2v) is 8.16. The summed E-state index contributed by atoms with van der Waals surface area (Å²) >= 11 is 5.88. The minimum Gasteiger partial charge on any atom is -0.508 e. The molecule has 0 fully saturated rings. The van der Waals surface area contributed by atoms with Gasteiger partial charge in [-0.25, -0.2) is 4.39 Å². The first-order chi connectivity index (χ1) is 14.4. The van der Waals surface area contributed by atoms with Crippen molar-refractivity contribution in [3.8, 4) is 5.75 Å². The molecular weight excluding hydrogens is 407 g/mol. The first-order valence-corrected chi connectivity index (χ1v) is 10.0. The van der Waals surface area contributed by atoms with Crippen molar-refractivity contribution >= 4 is 23.3 Å². The van der Waals surface area contributed by atoms with Crippen LogP contribution in [0.4, 0.5) is 10.3 Å². The number of nitrogens with zero attached hydrogens (tertiary/aromatic N) is 1. The van der Waals surface area contributed by atoms with Gasteiger partial charge in [0, 0.05) is 23.6 Å². The van der Waals surface area contributed by atoms with Gasteiger partial charge in [-0.2, -0.15) is 0 Å². The second-order valence-electron chi connectivity index (χ2n) is 7.75. The number of aryl methyl sites for hydroxylation is 1. The predicted octanol–water partition coefficient (Wildman–Crippen LogP) is 5.44. The zero-order valence-electron chi connectivity index (χ0n) is 16.1. The van der Waals surface area contributed by atoms with Crippen LogP contribution in [0.15, 0.2) is 58.3 Å². The number of anilines is 1. The highest BCUT2D eigenvalue weighted by Crippen LogP contribution is 2.49. The first-order valence-electron chi connectivity index (χ1n) is 9.65. The number of aromatic hydroxyl groups is 1. The minimum absolute atomic E-state index is 0.00608. The first kappa shape index (κ1) is 18.9. The van der Waals surface area contributed by atoms with Crippen molar-refractivity contribution in [3.63, 3.8) is 0 Å². The van der Waals surface area contributed by atoms with E-state index in [1.54, 1.807) is 25.1 Å². The maximum Gasteiger partial charge on any atom is 0.233 e. The van der Waals surface area contributed by atoms with Crippen LogP contribution in [0.5, 0.6) is 5.75 Å². The van der Waals surface area contributed by atoms with Gasteiger partial charge in [0.25, 0.3) is 0 Å². The fourth-order valence-electron chi connectivity index (χ4n) is 4.48. The van der Waals surface area contributed by atoms with Crippen molar-refractivity contribution in [2.24, 2.45) is 0 Å².